The Kier molecular flexibility index (Phi) is 6.11. The monoisotopic (exact) mass is 397 g/mol. The highest BCUT2D eigenvalue weighted by Gasteiger charge is 2.29. The van der Waals surface area contributed by atoms with Gasteiger partial charge in [-0.25, -0.2) is 0 Å². The van der Waals surface area contributed by atoms with Gasteiger partial charge < -0.3 is 15.0 Å². The van der Waals surface area contributed by atoms with Gasteiger partial charge in [-0.3, -0.25) is 19.7 Å². The molecule has 2 aromatic carbocycles. The standard InChI is InChI=1S/C21H23N3O5/c1-14-5-3-4-6-17(14)20(25)22-15-9-11-23(12-10-15)21(26)18-13-16(29-2)7-8-19(18)24(27)28/h3-8,13,15H,9-12H2,1-2H3,(H,22,25). The number of likely N-dealkylation sites (tertiary alicyclic amines) is 1. The SMILES string of the molecule is COc1ccc([N+](=O)[O-])c(C(=O)N2CCC(NC(=O)c3ccccc3C)CC2)c1. The van der Waals surface area contributed by atoms with Crippen LogP contribution in [0.15, 0.2) is 42.5 Å². The van der Waals surface area contributed by atoms with E-state index in [0.717, 1.165) is 5.56 Å². The van der Waals surface area contributed by atoms with Crippen LogP contribution in [0.1, 0.15) is 39.1 Å². The number of nitro benzene ring substituents is 1. The number of hydrogen-bond acceptors (Lipinski definition) is 5. The number of piperidine rings is 1. The van der Waals surface area contributed by atoms with E-state index >= 15 is 0 Å². The average Bonchev–Trinajstić information content (AvgIpc) is 2.73. The van der Waals surface area contributed by atoms with Crippen molar-refractivity contribution in [3.8, 4) is 5.75 Å². The Morgan fingerprint density at radius 3 is 2.45 bits per heavy atom. The molecule has 1 heterocycles. The number of carbonyl (C=O) groups excluding carboxylic acids is 2. The number of carbonyl (C=O) groups is 2. The maximum absolute atomic E-state index is 12.9. The minimum Gasteiger partial charge on any atom is -0.497 e. The molecule has 0 aliphatic carbocycles. The summed E-state index contributed by atoms with van der Waals surface area (Å²) in [5.41, 5.74) is 1.31. The molecule has 0 aromatic heterocycles. The number of nitro groups is 1. The molecule has 0 saturated carbocycles. The average molecular weight is 397 g/mol. The highest BCUT2D eigenvalue weighted by Crippen LogP contribution is 2.26. The van der Waals surface area contributed by atoms with E-state index in [1.165, 1.54) is 25.3 Å². The maximum Gasteiger partial charge on any atom is 0.282 e. The van der Waals surface area contributed by atoms with Crippen LogP contribution in [0.4, 0.5) is 5.69 Å². The van der Waals surface area contributed by atoms with Gasteiger partial charge in [-0.1, -0.05) is 18.2 Å². The Morgan fingerprint density at radius 2 is 1.83 bits per heavy atom. The van der Waals surface area contributed by atoms with E-state index < -0.39 is 10.8 Å². The number of nitrogens with zero attached hydrogens (tertiary/aromatic N) is 2. The van der Waals surface area contributed by atoms with Gasteiger partial charge in [0.05, 0.1) is 12.0 Å². The number of hydrogen-bond donors (Lipinski definition) is 1. The molecule has 2 amide bonds. The summed E-state index contributed by atoms with van der Waals surface area (Å²) in [6.45, 7) is 2.70. The van der Waals surface area contributed by atoms with Gasteiger partial charge in [0.1, 0.15) is 11.3 Å². The van der Waals surface area contributed by atoms with E-state index in [2.05, 4.69) is 5.32 Å². The summed E-state index contributed by atoms with van der Waals surface area (Å²) in [6, 6.07) is 11.5. The highest BCUT2D eigenvalue weighted by molar-refractivity contribution is 5.99. The second kappa shape index (κ2) is 8.72. The van der Waals surface area contributed by atoms with Crippen LogP contribution in [-0.4, -0.2) is 47.9 Å². The Hall–Kier alpha value is -3.42. The molecule has 29 heavy (non-hydrogen) atoms. The minimum atomic E-state index is -0.568. The highest BCUT2D eigenvalue weighted by atomic mass is 16.6. The molecule has 3 rings (SSSR count). The molecule has 8 nitrogen and oxygen atoms in total. The van der Waals surface area contributed by atoms with Crippen molar-refractivity contribution in [2.24, 2.45) is 0 Å². The molecule has 8 heteroatoms. The van der Waals surface area contributed by atoms with Crippen molar-refractivity contribution < 1.29 is 19.2 Å². The lowest BCUT2D eigenvalue weighted by Gasteiger charge is -2.32. The van der Waals surface area contributed by atoms with E-state index in [0.29, 0.717) is 37.2 Å². The molecule has 2 aromatic rings. The Labute approximate surface area is 168 Å². The minimum absolute atomic E-state index is 0.0109. The Balaban J connectivity index is 1.65. The van der Waals surface area contributed by atoms with Crippen LogP contribution in [-0.2, 0) is 0 Å². The number of ether oxygens (including phenoxy) is 1. The van der Waals surface area contributed by atoms with Crippen LogP contribution in [0.5, 0.6) is 5.75 Å². The van der Waals surface area contributed by atoms with E-state index in [1.54, 1.807) is 11.0 Å². The molecule has 0 radical (unpaired) electrons. The van der Waals surface area contributed by atoms with Crippen LogP contribution in [0.2, 0.25) is 0 Å². The van der Waals surface area contributed by atoms with Crippen molar-refractivity contribution in [3.05, 3.63) is 69.3 Å². The second-order valence-electron chi connectivity index (χ2n) is 7.00. The Morgan fingerprint density at radius 1 is 1.14 bits per heavy atom. The fourth-order valence-corrected chi connectivity index (χ4v) is 3.46. The van der Waals surface area contributed by atoms with Gasteiger partial charge in [0.2, 0.25) is 0 Å². The molecule has 0 spiro atoms. The summed E-state index contributed by atoms with van der Waals surface area (Å²) in [7, 11) is 1.44. The first kappa shape index (κ1) is 20.3. The van der Waals surface area contributed by atoms with E-state index in [1.807, 2.05) is 25.1 Å². The van der Waals surface area contributed by atoms with Gasteiger partial charge in [0, 0.05) is 30.8 Å². The first-order chi connectivity index (χ1) is 13.9. The van der Waals surface area contributed by atoms with Gasteiger partial charge in [0.15, 0.2) is 0 Å². The number of aryl methyl sites for hydroxylation is 1. The quantitative estimate of drug-likeness (QED) is 0.617. The zero-order chi connectivity index (χ0) is 21.0. The summed E-state index contributed by atoms with van der Waals surface area (Å²) in [4.78, 5) is 37.7. The molecule has 0 atom stereocenters. The molecule has 1 fully saturated rings. The largest absolute Gasteiger partial charge is 0.497 e. The lowest BCUT2D eigenvalue weighted by Crippen LogP contribution is -2.46. The van der Waals surface area contributed by atoms with Crippen LogP contribution >= 0.6 is 0 Å². The molecule has 1 saturated heterocycles. The fourth-order valence-electron chi connectivity index (χ4n) is 3.46. The van der Waals surface area contributed by atoms with Gasteiger partial charge in [-0.15, -0.1) is 0 Å². The smallest absolute Gasteiger partial charge is 0.282 e. The van der Waals surface area contributed by atoms with Crippen LogP contribution in [0, 0.1) is 17.0 Å². The van der Waals surface area contributed by atoms with Crippen LogP contribution < -0.4 is 10.1 Å². The summed E-state index contributed by atoms with van der Waals surface area (Å²) < 4.78 is 5.10. The molecule has 0 unspecified atom stereocenters. The van der Waals surface area contributed by atoms with Crippen molar-refractivity contribution >= 4 is 17.5 Å². The normalized spacial score (nSPS) is 14.3. The van der Waals surface area contributed by atoms with Gasteiger partial charge in [-0.2, -0.15) is 0 Å². The number of methoxy groups -OCH3 is 1. The molecule has 1 N–H and O–H groups in total. The summed E-state index contributed by atoms with van der Waals surface area (Å²) >= 11 is 0. The summed E-state index contributed by atoms with van der Waals surface area (Å²) in [5.74, 6) is -0.144. The summed E-state index contributed by atoms with van der Waals surface area (Å²) in [5, 5.41) is 14.3. The third-order valence-electron chi connectivity index (χ3n) is 5.14. The maximum atomic E-state index is 12.9. The lowest BCUT2D eigenvalue weighted by atomic mass is 10.0. The summed E-state index contributed by atoms with van der Waals surface area (Å²) in [6.07, 6.45) is 1.17. The van der Waals surface area contributed by atoms with Crippen molar-refractivity contribution in [1.29, 1.82) is 0 Å². The van der Waals surface area contributed by atoms with Crippen molar-refractivity contribution in [1.82, 2.24) is 10.2 Å². The third-order valence-corrected chi connectivity index (χ3v) is 5.14. The third kappa shape index (κ3) is 4.53. The molecule has 1 aliphatic heterocycles. The zero-order valence-electron chi connectivity index (χ0n) is 16.4. The first-order valence-electron chi connectivity index (χ1n) is 9.39. The topological polar surface area (TPSA) is 102 Å². The lowest BCUT2D eigenvalue weighted by molar-refractivity contribution is -0.385. The van der Waals surface area contributed by atoms with Crippen molar-refractivity contribution in [2.75, 3.05) is 20.2 Å². The predicted molar refractivity (Wildman–Crippen MR) is 107 cm³/mol. The van der Waals surface area contributed by atoms with E-state index in [-0.39, 0.29) is 23.2 Å². The van der Waals surface area contributed by atoms with Crippen LogP contribution in [0.25, 0.3) is 0 Å². The van der Waals surface area contributed by atoms with Gasteiger partial charge in [0.25, 0.3) is 17.5 Å². The number of amides is 2. The molecular formula is C21H23N3O5. The number of nitrogens with one attached hydrogen (secondary N) is 1. The molecule has 1 aliphatic rings. The van der Waals surface area contributed by atoms with Crippen molar-refractivity contribution in [3.63, 3.8) is 0 Å². The Bertz CT molecular complexity index is 936. The second-order valence-corrected chi connectivity index (χ2v) is 7.00. The van der Waals surface area contributed by atoms with E-state index in [9.17, 15) is 19.7 Å². The number of benzene rings is 2. The molecule has 0 bridgehead atoms. The number of rotatable bonds is 5. The van der Waals surface area contributed by atoms with Crippen molar-refractivity contribution in [2.45, 2.75) is 25.8 Å². The van der Waals surface area contributed by atoms with E-state index in [4.69, 9.17) is 4.74 Å². The molecular weight excluding hydrogens is 374 g/mol. The van der Waals surface area contributed by atoms with Crippen LogP contribution in [0.3, 0.4) is 0 Å². The first-order valence-corrected chi connectivity index (χ1v) is 9.39. The fraction of sp³-hybridized carbons (Fsp3) is 0.333. The molecule has 152 valence electrons. The van der Waals surface area contributed by atoms with Gasteiger partial charge in [-0.05, 0) is 43.5 Å². The van der Waals surface area contributed by atoms with Gasteiger partial charge >= 0.3 is 0 Å². The zero-order valence-corrected chi connectivity index (χ0v) is 16.4. The predicted octanol–water partition coefficient (Wildman–Crippen LogP) is 2.95.